The van der Waals surface area contributed by atoms with E-state index in [1.54, 1.807) is 30.6 Å². The van der Waals surface area contributed by atoms with Gasteiger partial charge in [0.1, 0.15) is 17.7 Å². The molecule has 120 valence electrons. The van der Waals surface area contributed by atoms with Gasteiger partial charge in [-0.3, -0.25) is 9.78 Å². The highest BCUT2D eigenvalue weighted by molar-refractivity contribution is 5.95. The molecule has 1 amide bonds. The van der Waals surface area contributed by atoms with Crippen molar-refractivity contribution in [1.82, 2.24) is 9.88 Å². The van der Waals surface area contributed by atoms with E-state index in [0.29, 0.717) is 24.4 Å². The summed E-state index contributed by atoms with van der Waals surface area (Å²) in [7, 11) is 0. The van der Waals surface area contributed by atoms with Crippen molar-refractivity contribution in [3.05, 3.63) is 59.7 Å². The average molecular weight is 314 g/mol. The van der Waals surface area contributed by atoms with Gasteiger partial charge in [0.2, 0.25) is 0 Å². The lowest BCUT2D eigenvalue weighted by molar-refractivity contribution is 0.0771. The van der Waals surface area contributed by atoms with Crippen LogP contribution in [0.5, 0.6) is 5.75 Å². The van der Waals surface area contributed by atoms with Crippen molar-refractivity contribution in [2.24, 2.45) is 0 Å². The molecule has 2 heterocycles. The normalized spacial score (nSPS) is 17.3. The predicted octanol–water partition coefficient (Wildman–Crippen LogP) is 3.08. The summed E-state index contributed by atoms with van der Waals surface area (Å²) in [5, 5.41) is 0. The third-order valence-corrected chi connectivity index (χ3v) is 4.06. The largest absolute Gasteiger partial charge is 0.489 e. The fourth-order valence-electron chi connectivity index (χ4n) is 2.80. The molecule has 0 radical (unpaired) electrons. The van der Waals surface area contributed by atoms with Gasteiger partial charge in [-0.2, -0.15) is 0 Å². The highest BCUT2D eigenvalue weighted by Gasteiger charge is 2.29. The summed E-state index contributed by atoms with van der Waals surface area (Å²) >= 11 is 0. The first kappa shape index (κ1) is 15.5. The van der Waals surface area contributed by atoms with Gasteiger partial charge in [0.05, 0.1) is 6.54 Å². The van der Waals surface area contributed by atoms with Gasteiger partial charge >= 0.3 is 0 Å². The van der Waals surface area contributed by atoms with Crippen LogP contribution in [0.25, 0.3) is 0 Å². The number of aryl methyl sites for hydroxylation is 1. The Morgan fingerprint density at radius 1 is 1.35 bits per heavy atom. The Hall–Kier alpha value is -2.43. The van der Waals surface area contributed by atoms with Crippen molar-refractivity contribution in [1.29, 1.82) is 0 Å². The molecule has 1 aliphatic heterocycles. The zero-order chi connectivity index (χ0) is 16.2. The molecule has 0 aliphatic carbocycles. The molecule has 0 bridgehead atoms. The Bertz CT molecular complexity index is 688. The molecule has 0 unspecified atom stereocenters. The van der Waals surface area contributed by atoms with E-state index in [2.05, 4.69) is 4.98 Å². The number of hydrogen-bond donors (Lipinski definition) is 0. The molecule has 1 saturated heterocycles. The molecule has 0 saturated carbocycles. The number of rotatable bonds is 4. The third-order valence-electron chi connectivity index (χ3n) is 4.06. The number of pyridine rings is 1. The lowest BCUT2D eigenvalue weighted by Crippen LogP contribution is -2.31. The Balaban J connectivity index is 1.65. The SMILES string of the molecule is CCc1cnccc1C(=O)N1CC[C@H](Oc2ccc(F)cc2)C1. The predicted molar refractivity (Wildman–Crippen MR) is 85.0 cm³/mol. The molecule has 2 aromatic rings. The summed E-state index contributed by atoms with van der Waals surface area (Å²) in [5.41, 5.74) is 1.67. The van der Waals surface area contributed by atoms with Gasteiger partial charge in [-0.15, -0.1) is 0 Å². The molecular weight excluding hydrogens is 295 g/mol. The number of ether oxygens (including phenoxy) is 1. The molecule has 0 spiro atoms. The molecule has 4 nitrogen and oxygen atoms in total. The fourth-order valence-corrected chi connectivity index (χ4v) is 2.80. The van der Waals surface area contributed by atoms with Crippen LogP contribution in [0.3, 0.4) is 0 Å². The fraction of sp³-hybridized carbons (Fsp3) is 0.333. The van der Waals surface area contributed by atoms with Crippen LogP contribution >= 0.6 is 0 Å². The van der Waals surface area contributed by atoms with E-state index in [0.717, 1.165) is 18.4 Å². The van der Waals surface area contributed by atoms with E-state index >= 15 is 0 Å². The smallest absolute Gasteiger partial charge is 0.254 e. The maximum Gasteiger partial charge on any atom is 0.254 e. The lowest BCUT2D eigenvalue weighted by Gasteiger charge is -2.18. The first-order valence-electron chi connectivity index (χ1n) is 7.81. The molecule has 0 N–H and O–H groups in total. The molecule has 1 aromatic heterocycles. The van der Waals surface area contributed by atoms with Gasteiger partial charge < -0.3 is 9.64 Å². The minimum Gasteiger partial charge on any atom is -0.489 e. The van der Waals surface area contributed by atoms with Crippen LogP contribution in [0.1, 0.15) is 29.3 Å². The summed E-state index contributed by atoms with van der Waals surface area (Å²) in [5.74, 6) is 0.365. The van der Waals surface area contributed by atoms with E-state index in [1.807, 2.05) is 11.8 Å². The van der Waals surface area contributed by atoms with Crippen molar-refractivity contribution < 1.29 is 13.9 Å². The number of hydrogen-bond acceptors (Lipinski definition) is 3. The zero-order valence-corrected chi connectivity index (χ0v) is 13.0. The summed E-state index contributed by atoms with van der Waals surface area (Å²) < 4.78 is 18.7. The van der Waals surface area contributed by atoms with Crippen molar-refractivity contribution in [2.75, 3.05) is 13.1 Å². The van der Waals surface area contributed by atoms with Crippen LogP contribution in [-0.4, -0.2) is 35.0 Å². The van der Waals surface area contributed by atoms with E-state index in [-0.39, 0.29) is 17.8 Å². The Morgan fingerprint density at radius 3 is 2.87 bits per heavy atom. The average Bonchev–Trinajstić information content (AvgIpc) is 3.05. The molecular formula is C18H19FN2O2. The second-order valence-electron chi connectivity index (χ2n) is 5.62. The Labute approximate surface area is 134 Å². The van der Waals surface area contributed by atoms with E-state index < -0.39 is 0 Å². The topological polar surface area (TPSA) is 42.4 Å². The minimum atomic E-state index is -0.287. The number of nitrogens with zero attached hydrogens (tertiary/aromatic N) is 2. The summed E-state index contributed by atoms with van der Waals surface area (Å²) in [6, 6.07) is 7.74. The maximum absolute atomic E-state index is 12.9. The number of carbonyl (C=O) groups is 1. The summed E-state index contributed by atoms with van der Waals surface area (Å²) in [6.07, 6.45) is 4.88. The van der Waals surface area contributed by atoms with Crippen molar-refractivity contribution in [3.63, 3.8) is 0 Å². The molecule has 1 aliphatic rings. The number of aromatic nitrogens is 1. The van der Waals surface area contributed by atoms with Crippen LogP contribution in [0.15, 0.2) is 42.7 Å². The van der Waals surface area contributed by atoms with Crippen LogP contribution in [-0.2, 0) is 6.42 Å². The molecule has 23 heavy (non-hydrogen) atoms. The van der Waals surface area contributed by atoms with Gasteiger partial charge in [-0.25, -0.2) is 4.39 Å². The standard InChI is InChI=1S/C18H19FN2O2/c1-2-13-11-20-9-7-17(13)18(22)21-10-8-16(12-21)23-15-5-3-14(19)4-6-15/h3-7,9,11,16H,2,8,10,12H2,1H3/t16-/m0/s1. The van der Waals surface area contributed by atoms with E-state index in [4.69, 9.17) is 4.74 Å². The number of carbonyl (C=O) groups excluding carboxylic acids is 1. The van der Waals surface area contributed by atoms with E-state index in [9.17, 15) is 9.18 Å². The van der Waals surface area contributed by atoms with Gasteiger partial charge in [0.15, 0.2) is 0 Å². The summed E-state index contributed by atoms with van der Waals surface area (Å²) in [6.45, 7) is 3.22. The molecule has 1 aromatic carbocycles. The highest BCUT2D eigenvalue weighted by Crippen LogP contribution is 2.21. The summed E-state index contributed by atoms with van der Waals surface area (Å²) in [4.78, 5) is 18.5. The number of amides is 1. The van der Waals surface area contributed by atoms with Crippen LogP contribution in [0.2, 0.25) is 0 Å². The quantitative estimate of drug-likeness (QED) is 0.871. The third kappa shape index (κ3) is 3.50. The van der Waals surface area contributed by atoms with Gasteiger partial charge in [0, 0.05) is 30.9 Å². The first-order valence-corrected chi connectivity index (χ1v) is 7.81. The maximum atomic E-state index is 12.9. The van der Waals surface area contributed by atoms with Gasteiger partial charge in [-0.05, 0) is 42.3 Å². The van der Waals surface area contributed by atoms with Crippen LogP contribution in [0.4, 0.5) is 4.39 Å². The molecule has 1 fully saturated rings. The second-order valence-corrected chi connectivity index (χ2v) is 5.62. The number of benzene rings is 1. The first-order chi connectivity index (χ1) is 11.2. The second kappa shape index (κ2) is 6.77. The lowest BCUT2D eigenvalue weighted by atomic mass is 10.1. The Kier molecular flexibility index (Phi) is 4.55. The number of likely N-dealkylation sites (tertiary alicyclic amines) is 1. The monoisotopic (exact) mass is 314 g/mol. The number of halogens is 1. The van der Waals surface area contributed by atoms with Crippen LogP contribution in [0, 0.1) is 5.82 Å². The van der Waals surface area contributed by atoms with Crippen molar-refractivity contribution >= 4 is 5.91 Å². The Morgan fingerprint density at radius 2 is 2.13 bits per heavy atom. The van der Waals surface area contributed by atoms with Crippen LogP contribution < -0.4 is 4.74 Å². The van der Waals surface area contributed by atoms with Crippen molar-refractivity contribution in [3.8, 4) is 5.75 Å². The van der Waals surface area contributed by atoms with Gasteiger partial charge in [0.25, 0.3) is 5.91 Å². The molecule has 3 rings (SSSR count). The zero-order valence-electron chi connectivity index (χ0n) is 13.0. The van der Waals surface area contributed by atoms with Gasteiger partial charge in [-0.1, -0.05) is 6.92 Å². The molecule has 5 heteroatoms. The highest BCUT2D eigenvalue weighted by atomic mass is 19.1. The minimum absolute atomic E-state index is 0.0226. The van der Waals surface area contributed by atoms with E-state index in [1.165, 1.54) is 12.1 Å². The van der Waals surface area contributed by atoms with Crippen molar-refractivity contribution in [2.45, 2.75) is 25.9 Å². The molecule has 1 atom stereocenters.